The van der Waals surface area contributed by atoms with Crippen molar-refractivity contribution in [1.82, 2.24) is 10.4 Å². The molecule has 0 spiro atoms. The van der Waals surface area contributed by atoms with E-state index < -0.39 is 12.1 Å². The lowest BCUT2D eigenvalue weighted by Gasteiger charge is -1.95. The maximum Gasteiger partial charge on any atom is 0.437 e. The van der Waals surface area contributed by atoms with Gasteiger partial charge in [0.1, 0.15) is 0 Å². The molecule has 1 fully saturated rings. The first kappa shape index (κ1) is 5.87. The van der Waals surface area contributed by atoms with E-state index in [0.29, 0.717) is 0 Å². The third-order valence-corrected chi connectivity index (χ3v) is 0.811. The molecule has 1 aliphatic rings. The fraction of sp³-hybridized carbons (Fsp3) is 0.500. The molecule has 0 aromatic heterocycles. The van der Waals surface area contributed by atoms with E-state index in [4.69, 9.17) is 0 Å². The maximum absolute atomic E-state index is 10.4. The van der Waals surface area contributed by atoms with Gasteiger partial charge in [-0.05, 0) is 6.92 Å². The molecule has 0 radical (unpaired) electrons. The van der Waals surface area contributed by atoms with Crippen LogP contribution in [0.1, 0.15) is 6.92 Å². The molecule has 1 rings (SSSR count). The van der Waals surface area contributed by atoms with Crippen molar-refractivity contribution >= 4 is 12.1 Å². The van der Waals surface area contributed by atoms with Crippen molar-refractivity contribution in [3.8, 4) is 0 Å². The van der Waals surface area contributed by atoms with Crippen LogP contribution in [-0.4, -0.2) is 23.7 Å². The Hall–Kier alpha value is -1.26. The minimum atomic E-state index is -0.637. The number of ether oxygens (including phenoxy) is 1. The summed E-state index contributed by atoms with van der Waals surface area (Å²) in [5.74, 6) is 0. The molecule has 3 amide bonds. The number of hydrogen-bond donors (Lipinski definition) is 1. The largest absolute Gasteiger partial charge is 0.448 e. The first-order chi connectivity index (χ1) is 4.25. The first-order valence-electron chi connectivity index (χ1n) is 2.53. The number of nitrogens with zero attached hydrogens (tertiary/aromatic N) is 1. The standard InChI is InChI=1S/C4H6N2O3/c1-2-9-4(8)6-3(7)5-6/h2H2,1H3,(H,5,7). The predicted octanol–water partition coefficient (Wildman–Crippen LogP) is 0.0831. The normalized spacial score (nSPS) is 14.8. The number of hydrazine groups is 1. The molecule has 1 heterocycles. The van der Waals surface area contributed by atoms with Crippen LogP contribution in [0.25, 0.3) is 0 Å². The van der Waals surface area contributed by atoms with E-state index in [0.717, 1.165) is 5.01 Å². The van der Waals surface area contributed by atoms with E-state index >= 15 is 0 Å². The highest BCUT2D eigenvalue weighted by Crippen LogP contribution is 2.01. The van der Waals surface area contributed by atoms with Crippen molar-refractivity contribution in [1.29, 1.82) is 0 Å². The van der Waals surface area contributed by atoms with Crippen LogP contribution in [0.15, 0.2) is 0 Å². The van der Waals surface area contributed by atoms with Gasteiger partial charge in [0.05, 0.1) is 6.61 Å². The highest BCUT2D eigenvalue weighted by molar-refractivity contribution is 6.01. The molecular formula is C4H6N2O3. The molecular weight excluding hydrogens is 124 g/mol. The zero-order valence-electron chi connectivity index (χ0n) is 4.88. The fourth-order valence-electron chi connectivity index (χ4n) is 0.387. The second-order valence-corrected chi connectivity index (χ2v) is 1.45. The molecule has 1 aliphatic heterocycles. The molecule has 0 atom stereocenters. The highest BCUT2D eigenvalue weighted by atomic mass is 16.6. The molecule has 0 unspecified atom stereocenters. The van der Waals surface area contributed by atoms with E-state index in [1.807, 2.05) is 0 Å². The predicted molar refractivity (Wildman–Crippen MR) is 27.4 cm³/mol. The summed E-state index contributed by atoms with van der Waals surface area (Å²) >= 11 is 0. The van der Waals surface area contributed by atoms with Gasteiger partial charge in [-0.1, -0.05) is 0 Å². The molecule has 0 bridgehead atoms. The number of hydrogen-bond acceptors (Lipinski definition) is 3. The Labute approximate surface area is 51.5 Å². The second-order valence-electron chi connectivity index (χ2n) is 1.45. The summed E-state index contributed by atoms with van der Waals surface area (Å²) in [7, 11) is 0. The Bertz CT molecular complexity index is 156. The SMILES string of the molecule is CCOC(=O)N1NC1=O. The first-order valence-corrected chi connectivity index (χ1v) is 2.53. The second kappa shape index (κ2) is 1.93. The van der Waals surface area contributed by atoms with Crippen LogP contribution in [0.2, 0.25) is 0 Å². The van der Waals surface area contributed by atoms with Gasteiger partial charge in [0.2, 0.25) is 0 Å². The van der Waals surface area contributed by atoms with E-state index in [1.165, 1.54) is 0 Å². The smallest absolute Gasteiger partial charge is 0.437 e. The third-order valence-electron chi connectivity index (χ3n) is 0.811. The summed E-state index contributed by atoms with van der Waals surface area (Å²) in [6.07, 6.45) is -0.637. The maximum atomic E-state index is 10.4. The minimum absolute atomic E-state index is 0.282. The van der Waals surface area contributed by atoms with Crippen LogP contribution in [0.4, 0.5) is 9.59 Å². The van der Waals surface area contributed by atoms with Gasteiger partial charge in [-0.15, -0.1) is 5.01 Å². The lowest BCUT2D eigenvalue weighted by Crippen LogP contribution is -2.14. The van der Waals surface area contributed by atoms with Gasteiger partial charge in [0, 0.05) is 0 Å². The fourth-order valence-corrected chi connectivity index (χ4v) is 0.387. The lowest BCUT2D eigenvalue weighted by molar-refractivity contribution is 0.135. The van der Waals surface area contributed by atoms with Gasteiger partial charge in [-0.3, -0.25) is 0 Å². The molecule has 0 saturated carbocycles. The van der Waals surface area contributed by atoms with Crippen molar-refractivity contribution in [2.75, 3.05) is 6.61 Å². The average molecular weight is 130 g/mol. The third kappa shape index (κ3) is 1.10. The zero-order valence-corrected chi connectivity index (χ0v) is 4.88. The molecule has 5 heteroatoms. The van der Waals surface area contributed by atoms with E-state index in [2.05, 4.69) is 10.2 Å². The highest BCUT2D eigenvalue weighted by Gasteiger charge is 2.37. The number of nitrogens with one attached hydrogen (secondary N) is 1. The van der Waals surface area contributed by atoms with E-state index in [9.17, 15) is 9.59 Å². The van der Waals surface area contributed by atoms with Gasteiger partial charge >= 0.3 is 12.1 Å². The number of carbonyl (C=O) groups excluding carboxylic acids is 2. The van der Waals surface area contributed by atoms with Gasteiger partial charge in [0.25, 0.3) is 0 Å². The van der Waals surface area contributed by atoms with Gasteiger partial charge in [0.15, 0.2) is 0 Å². The quantitative estimate of drug-likeness (QED) is 0.511. The molecule has 1 N–H and O–H groups in total. The summed E-state index contributed by atoms with van der Waals surface area (Å²) in [6.45, 7) is 1.95. The van der Waals surface area contributed by atoms with Crippen LogP contribution in [0.3, 0.4) is 0 Å². The van der Waals surface area contributed by atoms with Crippen molar-refractivity contribution in [3.63, 3.8) is 0 Å². The van der Waals surface area contributed by atoms with Crippen molar-refractivity contribution in [2.24, 2.45) is 0 Å². The zero-order chi connectivity index (χ0) is 6.85. The molecule has 0 aromatic rings. The topological polar surface area (TPSA) is 68.3 Å². The number of amides is 3. The Morgan fingerprint density at radius 2 is 2.44 bits per heavy atom. The molecule has 50 valence electrons. The van der Waals surface area contributed by atoms with Crippen LogP contribution in [0, 0.1) is 0 Å². The van der Waals surface area contributed by atoms with Gasteiger partial charge in [-0.25, -0.2) is 15.0 Å². The molecule has 9 heavy (non-hydrogen) atoms. The molecule has 1 saturated heterocycles. The monoisotopic (exact) mass is 130 g/mol. The molecule has 0 aliphatic carbocycles. The summed E-state index contributed by atoms with van der Waals surface area (Å²) in [5, 5.41) is 0.795. The van der Waals surface area contributed by atoms with Crippen molar-refractivity contribution in [2.45, 2.75) is 6.92 Å². The van der Waals surface area contributed by atoms with E-state index in [-0.39, 0.29) is 6.61 Å². The van der Waals surface area contributed by atoms with E-state index in [1.54, 1.807) is 6.92 Å². The summed E-state index contributed by atoms with van der Waals surface area (Å²) in [6, 6.07) is -0.409. The Balaban J connectivity index is 2.28. The summed E-state index contributed by atoms with van der Waals surface area (Å²) in [4.78, 5) is 20.6. The van der Waals surface area contributed by atoms with Crippen LogP contribution in [0.5, 0.6) is 0 Å². The van der Waals surface area contributed by atoms with Gasteiger partial charge < -0.3 is 4.74 Å². The van der Waals surface area contributed by atoms with Crippen molar-refractivity contribution in [3.05, 3.63) is 0 Å². The molecule has 0 aromatic carbocycles. The Morgan fingerprint density at radius 3 is 2.78 bits per heavy atom. The van der Waals surface area contributed by atoms with Crippen molar-refractivity contribution < 1.29 is 14.3 Å². The Morgan fingerprint density at radius 1 is 1.89 bits per heavy atom. The van der Waals surface area contributed by atoms with Crippen LogP contribution in [-0.2, 0) is 4.74 Å². The number of imide groups is 1. The minimum Gasteiger partial charge on any atom is -0.448 e. The summed E-state index contributed by atoms with van der Waals surface area (Å²) < 4.78 is 4.44. The average Bonchev–Trinajstić information content (AvgIpc) is 2.47. The Kier molecular flexibility index (Phi) is 1.26. The van der Waals surface area contributed by atoms with Crippen LogP contribution < -0.4 is 5.43 Å². The number of urea groups is 1. The number of rotatable bonds is 1. The summed E-state index contributed by atoms with van der Waals surface area (Å²) in [5.41, 5.74) is 2.14. The number of carbonyl (C=O) groups is 2. The van der Waals surface area contributed by atoms with Crippen LogP contribution >= 0.6 is 0 Å². The van der Waals surface area contributed by atoms with Gasteiger partial charge in [-0.2, -0.15) is 0 Å². The molecule has 5 nitrogen and oxygen atoms in total. The lowest BCUT2D eigenvalue weighted by atomic mass is 10.9.